The zero-order chi connectivity index (χ0) is 30.0. The van der Waals surface area contributed by atoms with Crippen molar-refractivity contribution in [3.63, 3.8) is 0 Å². The second-order valence-corrected chi connectivity index (χ2v) is 9.05. The number of hydrogen-bond donors (Lipinski definition) is 3. The van der Waals surface area contributed by atoms with E-state index < -0.39 is 11.8 Å². The molecule has 0 heterocycles. The first-order valence-electron chi connectivity index (χ1n) is 11.8. The summed E-state index contributed by atoms with van der Waals surface area (Å²) in [5.74, 6) is -1.62. The molecule has 0 saturated carbocycles. The molecule has 9 heteroatoms. The minimum absolute atomic E-state index is 0.163. The average Bonchev–Trinajstić information content (AvgIpc) is 2.86. The number of rotatable bonds is 6. The molecule has 5 nitrogen and oxygen atoms in total. The summed E-state index contributed by atoms with van der Waals surface area (Å²) in [7, 11) is 0. The first-order valence-corrected chi connectivity index (χ1v) is 12.6. The fourth-order valence-electron chi connectivity index (χ4n) is 2.84. The zero-order valence-electron chi connectivity index (χ0n) is 22.3. The molecule has 0 atom stereocenters. The van der Waals surface area contributed by atoms with E-state index in [2.05, 4.69) is 28.2 Å². The molecule has 3 aromatic rings. The van der Waals surface area contributed by atoms with Gasteiger partial charge in [-0.2, -0.15) is 0 Å². The quantitative estimate of drug-likeness (QED) is 0.290. The van der Waals surface area contributed by atoms with Gasteiger partial charge in [0, 0.05) is 10.5 Å². The summed E-state index contributed by atoms with van der Waals surface area (Å²) < 4.78 is 38.6. The van der Waals surface area contributed by atoms with Crippen LogP contribution in [0.15, 0.2) is 77.8 Å². The van der Waals surface area contributed by atoms with E-state index in [9.17, 15) is 22.8 Å². The van der Waals surface area contributed by atoms with Crippen LogP contribution in [0.3, 0.4) is 0 Å². The highest BCUT2D eigenvalue weighted by Crippen LogP contribution is 2.16. The van der Waals surface area contributed by atoms with Gasteiger partial charge < -0.3 is 17.2 Å². The molecular weight excluding hydrogens is 571 g/mol. The molecule has 0 aromatic heterocycles. The summed E-state index contributed by atoms with van der Waals surface area (Å²) >= 11 is 3.26. The monoisotopic (exact) mass is 605 g/mol. The number of halogens is 4. The largest absolute Gasteiger partial charge is 0.366 e. The van der Waals surface area contributed by atoms with Gasteiger partial charge in [-0.3, -0.25) is 9.59 Å². The van der Waals surface area contributed by atoms with Gasteiger partial charge in [-0.1, -0.05) is 34.6 Å². The van der Waals surface area contributed by atoms with E-state index >= 15 is 0 Å². The van der Waals surface area contributed by atoms with Crippen LogP contribution in [0, 0.1) is 38.2 Å². The maximum atomic E-state index is 12.6. The Morgan fingerprint density at radius 1 is 0.821 bits per heavy atom. The maximum Gasteiger partial charge on any atom is 0.241 e. The second-order valence-electron chi connectivity index (χ2n) is 8.20. The zero-order valence-corrected chi connectivity index (χ0v) is 23.9. The maximum absolute atomic E-state index is 12.6. The van der Waals surface area contributed by atoms with Crippen molar-refractivity contribution in [1.29, 1.82) is 0 Å². The highest BCUT2D eigenvalue weighted by atomic mass is 79.9. The fourth-order valence-corrected chi connectivity index (χ4v) is 3.09. The van der Waals surface area contributed by atoms with Gasteiger partial charge in [-0.05, 0) is 123 Å². The summed E-state index contributed by atoms with van der Waals surface area (Å²) in [6.45, 7) is 9.32. The van der Waals surface area contributed by atoms with Gasteiger partial charge in [0.2, 0.25) is 11.8 Å². The van der Waals surface area contributed by atoms with E-state index in [-0.39, 0.29) is 17.5 Å². The van der Waals surface area contributed by atoms with Crippen LogP contribution in [-0.2, 0) is 16.0 Å². The van der Waals surface area contributed by atoms with Crippen LogP contribution in [0.25, 0.3) is 6.08 Å². The van der Waals surface area contributed by atoms with E-state index in [0.29, 0.717) is 6.54 Å². The Morgan fingerprint density at radius 2 is 1.31 bits per heavy atom. The molecule has 0 saturated heterocycles. The van der Waals surface area contributed by atoms with Gasteiger partial charge in [0.25, 0.3) is 0 Å². The molecule has 0 spiro atoms. The molecular formula is C30H35BrF3N3O2. The van der Waals surface area contributed by atoms with Gasteiger partial charge in [0.1, 0.15) is 17.5 Å². The van der Waals surface area contributed by atoms with Gasteiger partial charge in [-0.15, -0.1) is 0 Å². The predicted molar refractivity (Wildman–Crippen MR) is 156 cm³/mol. The number of benzene rings is 3. The van der Waals surface area contributed by atoms with Gasteiger partial charge in [0.05, 0.1) is 0 Å². The van der Waals surface area contributed by atoms with Crippen LogP contribution in [0.5, 0.6) is 0 Å². The summed E-state index contributed by atoms with van der Waals surface area (Å²) in [6, 6.07) is 13.9. The Labute approximate surface area is 236 Å². The van der Waals surface area contributed by atoms with Gasteiger partial charge in [-0.25, -0.2) is 13.2 Å². The van der Waals surface area contributed by atoms with Crippen molar-refractivity contribution < 1.29 is 22.8 Å². The molecule has 0 radical (unpaired) electrons. The standard InChI is InChI=1S/C10H10FNO.C10H14FN.C7H6BrF.C3H5NO/c1-7-6-9(11)4-2-8(7)3-5-10(12)13;1-8-7-10(11)5-4-9(8)3-2-6-12;1-5-4-6(9)2-3-7(5)8;1-2-3(4)5/h2-6H,1H3,(H2,12,13);4-5,7H,2-3,6,12H2,1H3;2-4H,1H3;2H,1H2,(H2,4,5)/b5-3+;;;. The van der Waals surface area contributed by atoms with Crippen LogP contribution in [0.2, 0.25) is 0 Å². The Bertz CT molecular complexity index is 1260. The van der Waals surface area contributed by atoms with Crippen molar-refractivity contribution in [2.45, 2.75) is 33.6 Å². The van der Waals surface area contributed by atoms with Crippen LogP contribution in [0.4, 0.5) is 13.2 Å². The fraction of sp³-hybridized carbons (Fsp3) is 0.200. The first kappa shape index (κ1) is 35.3. The number of carbonyl (C=O) groups is 2. The van der Waals surface area contributed by atoms with Crippen molar-refractivity contribution in [1.82, 2.24) is 0 Å². The lowest BCUT2D eigenvalue weighted by molar-refractivity contribution is -0.114. The van der Waals surface area contributed by atoms with E-state index in [1.54, 1.807) is 31.2 Å². The summed E-state index contributed by atoms with van der Waals surface area (Å²) in [6.07, 6.45) is 5.78. The number of hydrogen-bond acceptors (Lipinski definition) is 3. The van der Waals surface area contributed by atoms with E-state index in [4.69, 9.17) is 11.5 Å². The SMILES string of the molecule is C=CC(N)=O.Cc1cc(F)ccc1/C=C/C(N)=O.Cc1cc(F)ccc1Br.Cc1cc(F)ccc1CCCN. The molecule has 39 heavy (non-hydrogen) atoms. The van der Waals surface area contributed by atoms with E-state index in [0.717, 1.165) is 45.6 Å². The third-order valence-corrected chi connectivity index (χ3v) is 5.82. The van der Waals surface area contributed by atoms with Crippen LogP contribution in [0.1, 0.15) is 34.2 Å². The number of nitrogens with two attached hydrogens (primary N) is 3. The minimum atomic E-state index is -0.510. The molecule has 2 amide bonds. The summed E-state index contributed by atoms with van der Waals surface area (Å²) in [5, 5.41) is 0. The molecule has 6 N–H and O–H groups in total. The van der Waals surface area contributed by atoms with E-state index in [1.807, 2.05) is 19.9 Å². The molecule has 210 valence electrons. The Kier molecular flexibility index (Phi) is 17.6. The Hall–Kier alpha value is -3.69. The number of primary amides is 2. The Balaban J connectivity index is 0.000000518. The number of carbonyl (C=O) groups excluding carboxylic acids is 2. The van der Waals surface area contributed by atoms with Crippen molar-refractivity contribution in [3.8, 4) is 0 Å². The average molecular weight is 607 g/mol. The van der Waals surface area contributed by atoms with Crippen molar-refractivity contribution in [3.05, 3.63) is 123 Å². The third-order valence-electron chi connectivity index (χ3n) is 4.94. The van der Waals surface area contributed by atoms with Crippen molar-refractivity contribution >= 4 is 33.8 Å². The van der Waals surface area contributed by atoms with Gasteiger partial charge >= 0.3 is 0 Å². The van der Waals surface area contributed by atoms with Crippen LogP contribution >= 0.6 is 15.9 Å². The minimum Gasteiger partial charge on any atom is -0.366 e. The van der Waals surface area contributed by atoms with Crippen molar-refractivity contribution in [2.24, 2.45) is 17.2 Å². The summed E-state index contributed by atoms with van der Waals surface area (Å²) in [4.78, 5) is 19.9. The Morgan fingerprint density at radius 3 is 1.72 bits per heavy atom. The summed E-state index contributed by atoms with van der Waals surface area (Å²) in [5.41, 5.74) is 19.5. The number of aryl methyl sites for hydroxylation is 4. The molecule has 0 bridgehead atoms. The molecule has 0 aliphatic carbocycles. The normalized spacial score (nSPS) is 9.74. The molecule has 0 aliphatic rings. The lowest BCUT2D eigenvalue weighted by Gasteiger charge is -2.03. The lowest BCUT2D eigenvalue weighted by Crippen LogP contribution is -2.05. The molecule has 0 fully saturated rings. The highest BCUT2D eigenvalue weighted by molar-refractivity contribution is 9.10. The third kappa shape index (κ3) is 16.7. The molecule has 0 aliphatic heterocycles. The highest BCUT2D eigenvalue weighted by Gasteiger charge is 1.99. The predicted octanol–water partition coefficient (Wildman–Crippen LogP) is 6.21. The van der Waals surface area contributed by atoms with Crippen LogP contribution < -0.4 is 17.2 Å². The lowest BCUT2D eigenvalue weighted by atomic mass is 10.0. The number of amides is 2. The smallest absolute Gasteiger partial charge is 0.241 e. The van der Waals surface area contributed by atoms with E-state index in [1.165, 1.54) is 42.0 Å². The molecule has 3 aromatic carbocycles. The molecule has 0 unspecified atom stereocenters. The van der Waals surface area contributed by atoms with Crippen LogP contribution in [-0.4, -0.2) is 18.4 Å². The first-order chi connectivity index (χ1) is 18.3. The van der Waals surface area contributed by atoms with Crippen molar-refractivity contribution in [2.75, 3.05) is 6.54 Å². The second kappa shape index (κ2) is 19.4. The molecule has 3 rings (SSSR count). The van der Waals surface area contributed by atoms with Gasteiger partial charge in [0.15, 0.2) is 0 Å². The topological polar surface area (TPSA) is 112 Å².